The van der Waals surface area contributed by atoms with Gasteiger partial charge in [0.2, 0.25) is 0 Å². The Morgan fingerprint density at radius 2 is 1.08 bits per heavy atom. The van der Waals surface area contributed by atoms with Gasteiger partial charge in [0.15, 0.2) is 0 Å². The van der Waals surface area contributed by atoms with Crippen LogP contribution in [0.15, 0.2) is 0 Å². The molecule has 0 unspecified atom stereocenters. The largest absolute Gasteiger partial charge is 0.515 e. The summed E-state index contributed by atoms with van der Waals surface area (Å²) in [5.41, 5.74) is 0. The van der Waals surface area contributed by atoms with Crippen molar-refractivity contribution in [1.29, 1.82) is 0 Å². The highest BCUT2D eigenvalue weighted by molar-refractivity contribution is 6.67. The van der Waals surface area contributed by atoms with Crippen LogP contribution < -0.4 is 6.15 Å². The highest BCUT2D eigenvalue weighted by atomic mass is 35.6. The van der Waals surface area contributed by atoms with Gasteiger partial charge in [-0.2, -0.15) is 0 Å². The van der Waals surface area contributed by atoms with E-state index >= 15 is 0 Å². The lowest BCUT2D eigenvalue weighted by Crippen LogP contribution is -2.22. The molecule has 0 saturated carbocycles. The fourth-order valence-electron chi connectivity index (χ4n) is 0.210. The van der Waals surface area contributed by atoms with E-state index in [4.69, 9.17) is 69.6 Å². The predicted octanol–water partition coefficient (Wildman–Crippen LogP) is 3.96. The molecular weight excluding hydrogens is 311 g/mol. The first-order valence-electron chi connectivity index (χ1n) is 2.15. The zero-order chi connectivity index (χ0) is 9.99. The Morgan fingerprint density at radius 3 is 1.23 bits per heavy atom. The minimum atomic E-state index is -2.24. The van der Waals surface area contributed by atoms with E-state index in [1.807, 2.05) is 0 Å². The number of carbonyl (C=O) groups excluding carboxylic acids is 1. The predicted molar refractivity (Wildman–Crippen MR) is 53.2 cm³/mol. The molecular formula is C3H3Cl6NO3. The standard InChI is InChI=1S/C3Cl6O3.H3N/c4-2(5,6)11-1(10)12-3(7,8)9;/h;1H3. The summed E-state index contributed by atoms with van der Waals surface area (Å²) in [7, 11) is 0. The third kappa shape index (κ3) is 13.0. The lowest BCUT2D eigenvalue weighted by atomic mass is 11.3. The fourth-order valence-corrected chi connectivity index (χ4v) is 0.588. The Labute approximate surface area is 104 Å². The summed E-state index contributed by atoms with van der Waals surface area (Å²) in [6.07, 6.45) is -1.41. The normalized spacial score (nSPS) is 11.5. The van der Waals surface area contributed by atoms with E-state index in [2.05, 4.69) is 9.47 Å². The molecule has 0 aliphatic rings. The maximum atomic E-state index is 10.5. The number of hydrogen-bond acceptors (Lipinski definition) is 4. The van der Waals surface area contributed by atoms with Gasteiger partial charge in [0, 0.05) is 0 Å². The Bertz CT molecular complexity index is 155. The van der Waals surface area contributed by atoms with Crippen LogP contribution in [0, 0.1) is 0 Å². The Morgan fingerprint density at radius 1 is 0.846 bits per heavy atom. The molecule has 0 aliphatic heterocycles. The molecule has 3 N–H and O–H groups in total. The second-order valence-corrected chi connectivity index (χ2v) is 5.70. The molecule has 0 radical (unpaired) electrons. The zero-order valence-corrected chi connectivity index (χ0v) is 10.2. The molecule has 0 heterocycles. The van der Waals surface area contributed by atoms with Crippen LogP contribution in [0.4, 0.5) is 4.79 Å². The van der Waals surface area contributed by atoms with Crippen molar-refractivity contribution in [3.63, 3.8) is 0 Å². The molecule has 10 heteroatoms. The molecule has 0 bridgehead atoms. The smallest absolute Gasteiger partial charge is 0.382 e. The average Bonchev–Trinajstić information content (AvgIpc) is 1.49. The SMILES string of the molecule is N.O=C(OC(Cl)(Cl)Cl)OC(Cl)(Cl)Cl. The second-order valence-electron chi connectivity index (χ2n) is 1.35. The number of alkyl halides is 6. The van der Waals surface area contributed by atoms with Gasteiger partial charge in [0.05, 0.1) is 0 Å². The van der Waals surface area contributed by atoms with E-state index in [1.165, 1.54) is 0 Å². The van der Waals surface area contributed by atoms with Crippen molar-refractivity contribution in [2.75, 3.05) is 0 Å². The summed E-state index contributed by atoms with van der Waals surface area (Å²) in [5, 5.41) is 0. The van der Waals surface area contributed by atoms with Crippen molar-refractivity contribution in [3.8, 4) is 0 Å². The first-order valence-corrected chi connectivity index (χ1v) is 4.42. The van der Waals surface area contributed by atoms with Gasteiger partial charge in [-0.1, -0.05) is 0 Å². The van der Waals surface area contributed by atoms with Crippen LogP contribution in [0.2, 0.25) is 0 Å². The molecule has 0 spiro atoms. The average molecular weight is 314 g/mol. The number of hydrogen-bond donors (Lipinski definition) is 1. The van der Waals surface area contributed by atoms with Gasteiger partial charge in [-0.05, 0) is 69.6 Å². The summed E-state index contributed by atoms with van der Waals surface area (Å²) in [5.74, 6) is 0. The second kappa shape index (κ2) is 5.75. The van der Waals surface area contributed by atoms with E-state index in [0.29, 0.717) is 0 Å². The van der Waals surface area contributed by atoms with Gasteiger partial charge in [0.25, 0.3) is 0 Å². The van der Waals surface area contributed by atoms with E-state index in [0.717, 1.165) is 0 Å². The highest BCUT2D eigenvalue weighted by Crippen LogP contribution is 2.32. The lowest BCUT2D eigenvalue weighted by Gasteiger charge is -2.15. The molecule has 0 fully saturated rings. The van der Waals surface area contributed by atoms with Crippen LogP contribution in [0.25, 0.3) is 0 Å². The summed E-state index contributed by atoms with van der Waals surface area (Å²) in [4.78, 5) is 10.5. The molecule has 80 valence electrons. The van der Waals surface area contributed by atoms with Crippen molar-refractivity contribution in [3.05, 3.63) is 0 Å². The number of halogens is 6. The number of carbonyl (C=O) groups is 1. The first kappa shape index (κ1) is 16.4. The highest BCUT2D eigenvalue weighted by Gasteiger charge is 2.32. The molecule has 0 amide bonds. The third-order valence-corrected chi connectivity index (χ3v) is 0.861. The third-order valence-electron chi connectivity index (χ3n) is 0.398. The van der Waals surface area contributed by atoms with E-state index < -0.39 is 14.1 Å². The molecule has 0 aliphatic carbocycles. The van der Waals surface area contributed by atoms with Gasteiger partial charge in [-0.25, -0.2) is 4.79 Å². The van der Waals surface area contributed by atoms with Crippen molar-refractivity contribution < 1.29 is 14.3 Å². The Hall–Kier alpha value is 0.970. The van der Waals surface area contributed by atoms with Gasteiger partial charge in [0.1, 0.15) is 0 Å². The van der Waals surface area contributed by atoms with E-state index in [1.54, 1.807) is 0 Å². The molecule has 0 aromatic carbocycles. The fraction of sp³-hybridized carbons (Fsp3) is 0.667. The van der Waals surface area contributed by atoms with E-state index in [9.17, 15) is 4.79 Å². The summed E-state index contributed by atoms with van der Waals surface area (Å²) >= 11 is 30.2. The molecule has 0 rings (SSSR count). The van der Waals surface area contributed by atoms with Crippen molar-refractivity contribution in [2.24, 2.45) is 0 Å². The minimum absolute atomic E-state index is 0. The van der Waals surface area contributed by atoms with Crippen molar-refractivity contribution in [2.45, 2.75) is 7.96 Å². The zero-order valence-electron chi connectivity index (χ0n) is 5.70. The van der Waals surface area contributed by atoms with E-state index in [-0.39, 0.29) is 6.15 Å². The summed E-state index contributed by atoms with van der Waals surface area (Å²) in [6.45, 7) is 0. The lowest BCUT2D eigenvalue weighted by molar-refractivity contribution is 0.0508. The van der Waals surface area contributed by atoms with Crippen LogP contribution in [-0.2, 0) is 9.47 Å². The maximum absolute atomic E-state index is 10.5. The Balaban J connectivity index is 0. The molecule has 0 aromatic heterocycles. The molecule has 0 saturated heterocycles. The van der Waals surface area contributed by atoms with Gasteiger partial charge in [-0.15, -0.1) is 0 Å². The molecule has 0 aromatic rings. The quantitative estimate of drug-likeness (QED) is 0.543. The van der Waals surface area contributed by atoms with Crippen LogP contribution in [0.5, 0.6) is 0 Å². The van der Waals surface area contributed by atoms with Gasteiger partial charge < -0.3 is 15.6 Å². The molecule has 0 atom stereocenters. The molecule has 13 heavy (non-hydrogen) atoms. The van der Waals surface area contributed by atoms with Crippen LogP contribution >= 0.6 is 69.6 Å². The van der Waals surface area contributed by atoms with Gasteiger partial charge >= 0.3 is 14.1 Å². The summed E-state index contributed by atoms with van der Waals surface area (Å²) in [6, 6.07) is 0. The minimum Gasteiger partial charge on any atom is -0.382 e. The monoisotopic (exact) mass is 311 g/mol. The van der Waals surface area contributed by atoms with Crippen LogP contribution in [0.3, 0.4) is 0 Å². The summed E-state index contributed by atoms with van der Waals surface area (Å²) < 4.78 is 3.50. The number of rotatable bonds is 0. The van der Waals surface area contributed by atoms with Crippen molar-refractivity contribution >= 4 is 75.8 Å². The Kier molecular flexibility index (Phi) is 7.26. The first-order chi connectivity index (χ1) is 5.10. The molecule has 4 nitrogen and oxygen atoms in total. The topological polar surface area (TPSA) is 70.5 Å². The van der Waals surface area contributed by atoms with Crippen LogP contribution in [-0.4, -0.2) is 14.1 Å². The number of ether oxygens (including phenoxy) is 2. The van der Waals surface area contributed by atoms with Crippen molar-refractivity contribution in [1.82, 2.24) is 6.15 Å². The van der Waals surface area contributed by atoms with Gasteiger partial charge in [-0.3, -0.25) is 0 Å². The van der Waals surface area contributed by atoms with Crippen LogP contribution in [0.1, 0.15) is 0 Å². The maximum Gasteiger partial charge on any atom is 0.515 e.